The Kier molecular flexibility index (Phi) is 1.72. The summed E-state index contributed by atoms with van der Waals surface area (Å²) in [4.78, 5) is 0. The highest BCUT2D eigenvalue weighted by Gasteiger charge is 2.16. The van der Waals surface area contributed by atoms with Crippen LogP contribution in [-0.4, -0.2) is 5.10 Å². The summed E-state index contributed by atoms with van der Waals surface area (Å²) in [5.41, 5.74) is 2.28. The highest BCUT2D eigenvalue weighted by atomic mass is 15.2. The molecule has 0 saturated heterocycles. The summed E-state index contributed by atoms with van der Waals surface area (Å²) in [5.74, 6) is 0. The molecule has 0 saturated carbocycles. The normalized spacial score (nSPS) is 11.9. The van der Waals surface area contributed by atoms with Gasteiger partial charge in [-0.25, -0.2) is 0 Å². The van der Waals surface area contributed by atoms with Crippen LogP contribution in [0.1, 0.15) is 5.69 Å². The third-order valence-corrected chi connectivity index (χ3v) is 3.79. The lowest BCUT2D eigenvalue weighted by Crippen LogP contribution is -2.34. The van der Waals surface area contributed by atoms with E-state index < -0.39 is 0 Å². The zero-order valence-corrected chi connectivity index (χ0v) is 10.4. The molecule has 4 aromatic rings. The quantitative estimate of drug-likeness (QED) is 0.337. The molecule has 18 heavy (non-hydrogen) atoms. The van der Waals surface area contributed by atoms with Crippen molar-refractivity contribution >= 4 is 32.4 Å². The molecule has 0 radical (unpaired) electrons. The maximum Gasteiger partial charge on any atom is 0.240 e. The van der Waals surface area contributed by atoms with Crippen molar-refractivity contribution in [3.63, 3.8) is 0 Å². The molecule has 0 aliphatic heterocycles. The number of aryl methyl sites for hydroxylation is 2. The molecular formula is C16H13N2+. The first kappa shape index (κ1) is 9.77. The van der Waals surface area contributed by atoms with Gasteiger partial charge in [-0.1, -0.05) is 35.0 Å². The number of hydrogen-bond donors (Lipinski definition) is 0. The predicted molar refractivity (Wildman–Crippen MR) is 73.9 cm³/mol. The Morgan fingerprint density at radius 2 is 1.61 bits per heavy atom. The van der Waals surface area contributed by atoms with Crippen molar-refractivity contribution in [2.45, 2.75) is 6.92 Å². The van der Waals surface area contributed by atoms with Crippen LogP contribution in [0, 0.1) is 6.92 Å². The zero-order valence-electron chi connectivity index (χ0n) is 10.4. The molecule has 0 spiro atoms. The van der Waals surface area contributed by atoms with E-state index >= 15 is 0 Å². The largest absolute Gasteiger partial charge is 0.240 e. The zero-order chi connectivity index (χ0) is 12.3. The fourth-order valence-corrected chi connectivity index (χ4v) is 2.97. The average Bonchev–Trinajstić information content (AvgIpc) is 2.38. The molecule has 2 heteroatoms. The Labute approximate surface area is 105 Å². The van der Waals surface area contributed by atoms with E-state index in [1.165, 1.54) is 32.4 Å². The molecule has 0 N–H and O–H groups in total. The van der Waals surface area contributed by atoms with Gasteiger partial charge in [0.05, 0.1) is 5.39 Å². The van der Waals surface area contributed by atoms with E-state index in [0.29, 0.717) is 0 Å². The molecule has 4 rings (SSSR count). The molecule has 0 aliphatic carbocycles. The van der Waals surface area contributed by atoms with Gasteiger partial charge in [0.15, 0.2) is 7.05 Å². The van der Waals surface area contributed by atoms with E-state index in [1.54, 1.807) is 0 Å². The van der Waals surface area contributed by atoms with Gasteiger partial charge in [-0.2, -0.15) is 0 Å². The van der Waals surface area contributed by atoms with Crippen LogP contribution >= 0.6 is 0 Å². The Morgan fingerprint density at radius 1 is 0.889 bits per heavy atom. The van der Waals surface area contributed by atoms with Gasteiger partial charge < -0.3 is 0 Å². The molecule has 0 bridgehead atoms. The fourth-order valence-electron chi connectivity index (χ4n) is 2.97. The monoisotopic (exact) mass is 233 g/mol. The molecule has 1 heterocycles. The van der Waals surface area contributed by atoms with Gasteiger partial charge in [0.2, 0.25) is 5.52 Å². The molecule has 3 aromatic carbocycles. The highest BCUT2D eigenvalue weighted by Crippen LogP contribution is 2.33. The van der Waals surface area contributed by atoms with Gasteiger partial charge in [0.25, 0.3) is 0 Å². The minimum Gasteiger partial charge on any atom is -0.0862 e. The molecule has 0 atom stereocenters. The van der Waals surface area contributed by atoms with Crippen molar-refractivity contribution in [1.29, 1.82) is 0 Å². The predicted octanol–water partition coefficient (Wildman–Crippen LogP) is 3.11. The summed E-state index contributed by atoms with van der Waals surface area (Å²) in [6, 6.07) is 15.2. The number of benzene rings is 3. The van der Waals surface area contributed by atoms with Gasteiger partial charge in [-0.3, -0.25) is 0 Å². The number of nitrogens with zero attached hydrogens (tertiary/aromatic N) is 2. The first-order valence-corrected chi connectivity index (χ1v) is 6.16. The standard InChI is InChI=1S/C16H13N2/c1-10-13-8-6-11-4-3-5-12-7-9-14(18(2)17-10)16(13)15(11)12/h3-9H,1-2H3/q+1. The van der Waals surface area contributed by atoms with Crippen LogP contribution in [-0.2, 0) is 7.05 Å². The Balaban J connectivity index is 2.48. The third kappa shape index (κ3) is 1.07. The second kappa shape index (κ2) is 3.16. The lowest BCUT2D eigenvalue weighted by atomic mass is 9.96. The molecular weight excluding hydrogens is 220 g/mol. The molecule has 0 aliphatic rings. The van der Waals surface area contributed by atoms with Crippen LogP contribution in [0.3, 0.4) is 0 Å². The van der Waals surface area contributed by atoms with Crippen molar-refractivity contribution < 1.29 is 4.68 Å². The van der Waals surface area contributed by atoms with Crippen LogP contribution in [0.15, 0.2) is 42.5 Å². The Bertz CT molecular complexity index is 827. The van der Waals surface area contributed by atoms with Crippen LogP contribution in [0.5, 0.6) is 0 Å². The van der Waals surface area contributed by atoms with Crippen molar-refractivity contribution in [1.82, 2.24) is 5.10 Å². The fraction of sp³-hybridized carbons (Fsp3) is 0.125. The van der Waals surface area contributed by atoms with Crippen LogP contribution in [0.4, 0.5) is 0 Å². The summed E-state index contributed by atoms with van der Waals surface area (Å²) in [6.45, 7) is 2.08. The molecule has 0 unspecified atom stereocenters. The summed E-state index contributed by atoms with van der Waals surface area (Å²) in [5, 5.41) is 11.1. The lowest BCUT2D eigenvalue weighted by molar-refractivity contribution is -0.706. The third-order valence-electron chi connectivity index (χ3n) is 3.79. The van der Waals surface area contributed by atoms with E-state index in [4.69, 9.17) is 0 Å². The average molecular weight is 233 g/mol. The topological polar surface area (TPSA) is 16.8 Å². The highest BCUT2D eigenvalue weighted by molar-refractivity contribution is 6.21. The molecule has 0 amide bonds. The van der Waals surface area contributed by atoms with Gasteiger partial charge in [-0.15, -0.1) is 0 Å². The number of rotatable bonds is 0. The minimum absolute atomic E-state index is 1.09. The number of hydrogen-bond acceptors (Lipinski definition) is 1. The molecule has 86 valence electrons. The first-order chi connectivity index (χ1) is 8.75. The van der Waals surface area contributed by atoms with E-state index in [9.17, 15) is 0 Å². The summed E-state index contributed by atoms with van der Waals surface area (Å²) in [7, 11) is 2.01. The second-order valence-corrected chi connectivity index (χ2v) is 4.86. The molecule has 0 fully saturated rings. The molecule has 2 nitrogen and oxygen atoms in total. The maximum absolute atomic E-state index is 4.57. The minimum atomic E-state index is 1.09. The van der Waals surface area contributed by atoms with Crippen molar-refractivity contribution in [3.05, 3.63) is 48.2 Å². The van der Waals surface area contributed by atoms with Gasteiger partial charge in [-0.05, 0) is 28.9 Å². The summed E-state index contributed by atoms with van der Waals surface area (Å²) < 4.78 is 1.98. The maximum atomic E-state index is 4.57. The lowest BCUT2D eigenvalue weighted by Gasteiger charge is -2.09. The SMILES string of the molecule is Cc1n[n+](C)c2ccc3cccc4ccc1c2c43. The second-order valence-electron chi connectivity index (χ2n) is 4.86. The van der Waals surface area contributed by atoms with Crippen molar-refractivity contribution in [2.75, 3.05) is 0 Å². The van der Waals surface area contributed by atoms with Crippen molar-refractivity contribution in [2.24, 2.45) is 7.05 Å². The summed E-state index contributed by atoms with van der Waals surface area (Å²) in [6.07, 6.45) is 0. The smallest absolute Gasteiger partial charge is 0.0862 e. The van der Waals surface area contributed by atoms with E-state index in [2.05, 4.69) is 54.5 Å². The van der Waals surface area contributed by atoms with Gasteiger partial charge in [0.1, 0.15) is 5.69 Å². The number of aromatic nitrogens is 2. The van der Waals surface area contributed by atoms with E-state index in [-0.39, 0.29) is 0 Å². The molecule has 1 aromatic heterocycles. The van der Waals surface area contributed by atoms with E-state index in [1.807, 2.05) is 11.7 Å². The van der Waals surface area contributed by atoms with Crippen LogP contribution in [0.2, 0.25) is 0 Å². The van der Waals surface area contributed by atoms with Crippen LogP contribution in [0.25, 0.3) is 32.4 Å². The van der Waals surface area contributed by atoms with Crippen molar-refractivity contribution in [3.8, 4) is 0 Å². The van der Waals surface area contributed by atoms with Gasteiger partial charge in [0, 0.05) is 16.8 Å². The van der Waals surface area contributed by atoms with E-state index in [0.717, 1.165) is 5.69 Å². The Morgan fingerprint density at radius 3 is 2.39 bits per heavy atom. The first-order valence-electron chi connectivity index (χ1n) is 6.16. The van der Waals surface area contributed by atoms with Crippen LogP contribution < -0.4 is 4.68 Å². The van der Waals surface area contributed by atoms with Gasteiger partial charge >= 0.3 is 0 Å². The summed E-state index contributed by atoms with van der Waals surface area (Å²) >= 11 is 0. The Hall–Kier alpha value is -2.22.